The lowest BCUT2D eigenvalue weighted by molar-refractivity contribution is -0.121. The molecule has 0 heterocycles. The standard InChI is InChI=1S/C14H26N2O/c1-4-13(2,3)16-12(17)9-15-10-14(7-8-14)11-5-6-11/h11,15H,4-10H2,1-3H3,(H,16,17). The third-order valence-corrected chi connectivity index (χ3v) is 4.46. The summed E-state index contributed by atoms with van der Waals surface area (Å²) in [7, 11) is 0. The maximum Gasteiger partial charge on any atom is 0.234 e. The van der Waals surface area contributed by atoms with Gasteiger partial charge in [-0.1, -0.05) is 6.92 Å². The minimum atomic E-state index is -0.0769. The van der Waals surface area contributed by atoms with E-state index in [1.165, 1.54) is 25.7 Å². The maximum absolute atomic E-state index is 11.7. The smallest absolute Gasteiger partial charge is 0.234 e. The number of hydrogen-bond acceptors (Lipinski definition) is 2. The van der Waals surface area contributed by atoms with Gasteiger partial charge in [0.15, 0.2) is 0 Å². The molecule has 0 aromatic carbocycles. The Morgan fingerprint density at radius 3 is 2.47 bits per heavy atom. The minimum Gasteiger partial charge on any atom is -0.350 e. The fourth-order valence-corrected chi connectivity index (χ4v) is 2.52. The van der Waals surface area contributed by atoms with Crippen molar-refractivity contribution in [2.45, 2.75) is 58.4 Å². The van der Waals surface area contributed by atoms with Gasteiger partial charge < -0.3 is 10.6 Å². The van der Waals surface area contributed by atoms with Gasteiger partial charge in [-0.15, -0.1) is 0 Å². The van der Waals surface area contributed by atoms with Crippen LogP contribution < -0.4 is 10.6 Å². The molecule has 0 saturated heterocycles. The number of hydrogen-bond donors (Lipinski definition) is 2. The van der Waals surface area contributed by atoms with Crippen LogP contribution in [0.15, 0.2) is 0 Å². The van der Waals surface area contributed by atoms with Crippen LogP contribution in [0.25, 0.3) is 0 Å². The van der Waals surface area contributed by atoms with Crippen LogP contribution in [0.1, 0.15) is 52.9 Å². The summed E-state index contributed by atoms with van der Waals surface area (Å²) in [5, 5.41) is 6.40. The van der Waals surface area contributed by atoms with Crippen molar-refractivity contribution in [2.24, 2.45) is 11.3 Å². The second kappa shape index (κ2) is 4.60. The van der Waals surface area contributed by atoms with E-state index in [4.69, 9.17) is 0 Å². The van der Waals surface area contributed by atoms with Crippen molar-refractivity contribution < 1.29 is 4.79 Å². The van der Waals surface area contributed by atoms with Gasteiger partial charge in [-0.2, -0.15) is 0 Å². The van der Waals surface area contributed by atoms with Crippen molar-refractivity contribution in [3.05, 3.63) is 0 Å². The van der Waals surface area contributed by atoms with Crippen LogP contribution in [0.2, 0.25) is 0 Å². The molecule has 17 heavy (non-hydrogen) atoms. The number of carbonyl (C=O) groups excluding carboxylic acids is 1. The van der Waals surface area contributed by atoms with E-state index in [2.05, 4.69) is 31.4 Å². The molecule has 2 fully saturated rings. The first kappa shape index (κ1) is 12.9. The van der Waals surface area contributed by atoms with Crippen LogP contribution >= 0.6 is 0 Å². The molecule has 98 valence electrons. The Morgan fingerprint density at radius 1 is 1.35 bits per heavy atom. The second-order valence-electron chi connectivity index (χ2n) is 6.53. The zero-order chi connectivity index (χ0) is 12.5. The summed E-state index contributed by atoms with van der Waals surface area (Å²) >= 11 is 0. The zero-order valence-electron chi connectivity index (χ0n) is 11.4. The highest BCUT2D eigenvalue weighted by Gasteiger charge is 2.53. The highest BCUT2D eigenvalue weighted by Crippen LogP contribution is 2.60. The van der Waals surface area contributed by atoms with E-state index in [0.29, 0.717) is 12.0 Å². The van der Waals surface area contributed by atoms with Gasteiger partial charge in [-0.3, -0.25) is 4.79 Å². The van der Waals surface area contributed by atoms with E-state index >= 15 is 0 Å². The number of amides is 1. The lowest BCUT2D eigenvalue weighted by Gasteiger charge is -2.25. The van der Waals surface area contributed by atoms with Crippen molar-refractivity contribution in [3.63, 3.8) is 0 Å². The molecule has 3 heteroatoms. The first-order chi connectivity index (χ1) is 7.97. The molecule has 2 N–H and O–H groups in total. The highest BCUT2D eigenvalue weighted by molar-refractivity contribution is 5.78. The summed E-state index contributed by atoms with van der Waals surface area (Å²) in [5.74, 6) is 1.09. The molecule has 0 atom stereocenters. The number of carbonyl (C=O) groups is 1. The molecule has 1 amide bonds. The van der Waals surface area contributed by atoms with E-state index in [1.807, 2.05) is 0 Å². The van der Waals surface area contributed by atoms with Gasteiger partial charge in [-0.25, -0.2) is 0 Å². The fourth-order valence-electron chi connectivity index (χ4n) is 2.52. The van der Waals surface area contributed by atoms with Crippen LogP contribution in [0.5, 0.6) is 0 Å². The summed E-state index contributed by atoms with van der Waals surface area (Å²) in [6, 6.07) is 0. The summed E-state index contributed by atoms with van der Waals surface area (Å²) < 4.78 is 0. The maximum atomic E-state index is 11.7. The van der Waals surface area contributed by atoms with E-state index in [0.717, 1.165) is 18.9 Å². The van der Waals surface area contributed by atoms with Crippen molar-refractivity contribution in [1.29, 1.82) is 0 Å². The molecule has 2 rings (SSSR count). The van der Waals surface area contributed by atoms with E-state index in [9.17, 15) is 4.79 Å². The number of rotatable bonds is 7. The van der Waals surface area contributed by atoms with Crippen LogP contribution in [-0.4, -0.2) is 24.5 Å². The Labute approximate surface area is 105 Å². The fraction of sp³-hybridized carbons (Fsp3) is 0.929. The summed E-state index contributed by atoms with van der Waals surface area (Å²) in [6.45, 7) is 7.74. The van der Waals surface area contributed by atoms with Crippen LogP contribution in [-0.2, 0) is 4.79 Å². The highest BCUT2D eigenvalue weighted by atomic mass is 16.2. The van der Waals surface area contributed by atoms with Gasteiger partial charge in [0.1, 0.15) is 0 Å². The van der Waals surface area contributed by atoms with Gasteiger partial charge in [0.05, 0.1) is 6.54 Å². The third kappa shape index (κ3) is 3.44. The number of nitrogens with one attached hydrogen (secondary N) is 2. The largest absolute Gasteiger partial charge is 0.350 e. The van der Waals surface area contributed by atoms with Gasteiger partial charge in [0.2, 0.25) is 5.91 Å². The summed E-state index contributed by atoms with van der Waals surface area (Å²) in [5.41, 5.74) is 0.507. The van der Waals surface area contributed by atoms with Crippen LogP contribution in [0, 0.1) is 11.3 Å². The molecule has 0 bridgehead atoms. The summed E-state index contributed by atoms with van der Waals surface area (Å²) in [6.07, 6.45) is 6.53. The molecular weight excluding hydrogens is 212 g/mol. The molecule has 0 aromatic rings. The third-order valence-electron chi connectivity index (χ3n) is 4.46. The molecule has 0 spiro atoms. The molecule has 2 saturated carbocycles. The van der Waals surface area contributed by atoms with E-state index in [-0.39, 0.29) is 11.4 Å². The Hall–Kier alpha value is -0.570. The Kier molecular flexibility index (Phi) is 3.48. The minimum absolute atomic E-state index is 0.0769. The van der Waals surface area contributed by atoms with Gasteiger partial charge in [0, 0.05) is 12.1 Å². The quantitative estimate of drug-likeness (QED) is 0.713. The predicted octanol–water partition coefficient (Wildman–Crippen LogP) is 2.07. The topological polar surface area (TPSA) is 41.1 Å². The SMILES string of the molecule is CCC(C)(C)NC(=O)CNCC1(C2CC2)CC1. The Bertz CT molecular complexity index is 291. The van der Waals surface area contributed by atoms with Crippen molar-refractivity contribution in [1.82, 2.24) is 10.6 Å². The first-order valence-corrected chi connectivity index (χ1v) is 6.99. The zero-order valence-corrected chi connectivity index (χ0v) is 11.4. The van der Waals surface area contributed by atoms with E-state index < -0.39 is 0 Å². The predicted molar refractivity (Wildman–Crippen MR) is 69.8 cm³/mol. The molecule has 0 unspecified atom stereocenters. The molecule has 0 aromatic heterocycles. The average Bonchev–Trinajstić information content (AvgIpc) is 3.10. The van der Waals surface area contributed by atoms with Crippen molar-refractivity contribution in [2.75, 3.05) is 13.1 Å². The lowest BCUT2D eigenvalue weighted by Crippen LogP contribution is -2.47. The normalized spacial score (nSPS) is 22.3. The monoisotopic (exact) mass is 238 g/mol. The van der Waals surface area contributed by atoms with Crippen molar-refractivity contribution >= 4 is 5.91 Å². The molecule has 2 aliphatic carbocycles. The van der Waals surface area contributed by atoms with Gasteiger partial charge >= 0.3 is 0 Å². The van der Waals surface area contributed by atoms with Crippen LogP contribution in [0.3, 0.4) is 0 Å². The lowest BCUT2D eigenvalue weighted by atomic mass is 10.0. The molecule has 0 aliphatic heterocycles. The molecular formula is C14H26N2O. The Morgan fingerprint density at radius 2 is 2.00 bits per heavy atom. The van der Waals surface area contributed by atoms with Gasteiger partial charge in [0.25, 0.3) is 0 Å². The van der Waals surface area contributed by atoms with Crippen molar-refractivity contribution in [3.8, 4) is 0 Å². The van der Waals surface area contributed by atoms with E-state index in [1.54, 1.807) is 0 Å². The first-order valence-electron chi connectivity index (χ1n) is 6.99. The Balaban J connectivity index is 1.63. The van der Waals surface area contributed by atoms with Crippen LogP contribution in [0.4, 0.5) is 0 Å². The second-order valence-corrected chi connectivity index (χ2v) is 6.53. The average molecular weight is 238 g/mol. The molecule has 2 aliphatic rings. The molecule has 3 nitrogen and oxygen atoms in total. The molecule has 0 radical (unpaired) electrons. The summed E-state index contributed by atoms with van der Waals surface area (Å²) in [4.78, 5) is 11.7. The van der Waals surface area contributed by atoms with Gasteiger partial charge in [-0.05, 0) is 57.3 Å².